The van der Waals surface area contributed by atoms with Crippen molar-refractivity contribution >= 4 is 17.9 Å². The van der Waals surface area contributed by atoms with Gasteiger partial charge in [0.25, 0.3) is 6.29 Å². The summed E-state index contributed by atoms with van der Waals surface area (Å²) in [6.45, 7) is 4.68. The molecule has 9 heteroatoms. The zero-order valence-electron chi connectivity index (χ0n) is 41.2. The maximum atomic E-state index is 12.8. The predicted molar refractivity (Wildman–Crippen MR) is 267 cm³/mol. The van der Waals surface area contributed by atoms with Crippen molar-refractivity contribution in [2.75, 3.05) is 47.5 Å². The fourth-order valence-corrected chi connectivity index (χ4v) is 6.26. The summed E-state index contributed by atoms with van der Waals surface area (Å²) < 4.78 is 22.7. The SMILES string of the molecule is CC/C=C\C/C=C\C/C=C\C/C=C\C/C=C\C/C=C\C/C=C\C/C=C\CCCCCCCCC(=O)OC(COC(=O)CCCCCCCCCC)COC(OCC[N+](C)(C)C)C(=O)O. The van der Waals surface area contributed by atoms with Crippen LogP contribution in [-0.4, -0.2) is 87.4 Å². The van der Waals surface area contributed by atoms with Gasteiger partial charge < -0.3 is 28.5 Å². The second-order valence-corrected chi connectivity index (χ2v) is 17.4. The Balaban J connectivity index is 4.25. The Bertz CT molecular complexity index is 1370. The number of ether oxygens (including phenoxy) is 4. The molecular formula is C55H92NO8+. The number of quaternary nitrogens is 1. The van der Waals surface area contributed by atoms with Gasteiger partial charge in [-0.25, -0.2) is 4.79 Å². The molecule has 0 aliphatic carbocycles. The fourth-order valence-electron chi connectivity index (χ4n) is 6.26. The molecule has 0 bridgehead atoms. The van der Waals surface area contributed by atoms with Crippen LogP contribution in [0.25, 0.3) is 0 Å². The normalized spacial score (nSPS) is 13.7. The molecule has 0 aliphatic rings. The van der Waals surface area contributed by atoms with Crippen molar-refractivity contribution < 1.29 is 42.9 Å². The zero-order chi connectivity index (χ0) is 47.0. The van der Waals surface area contributed by atoms with Gasteiger partial charge in [-0.15, -0.1) is 0 Å². The highest BCUT2D eigenvalue weighted by Gasteiger charge is 2.25. The topological polar surface area (TPSA) is 108 Å². The first-order valence-corrected chi connectivity index (χ1v) is 24.9. The first-order valence-electron chi connectivity index (χ1n) is 24.9. The van der Waals surface area contributed by atoms with Gasteiger partial charge in [0.15, 0.2) is 6.10 Å². The van der Waals surface area contributed by atoms with Crippen molar-refractivity contribution in [2.45, 2.75) is 187 Å². The van der Waals surface area contributed by atoms with E-state index in [1.54, 1.807) is 0 Å². The third kappa shape index (κ3) is 46.2. The molecule has 64 heavy (non-hydrogen) atoms. The number of nitrogens with zero attached hydrogens (tertiary/aromatic N) is 1. The van der Waals surface area contributed by atoms with Crippen LogP contribution in [0.1, 0.15) is 174 Å². The standard InChI is InChI=1S/C55H91NO8/c1-6-8-10-12-14-16-17-18-19-20-21-22-23-24-25-26-27-28-29-30-31-32-33-34-35-36-37-38-40-42-44-46-53(58)64-51(50-63-55(54(59)60)61-48-47-56(3,4)5)49-62-52(57)45-43-41-39-15-13-11-9-7-2/h8,10,14,16,18-19,21-22,24-25,27-28,30-31,33-34,51,55H,6-7,9,11-13,15,17,20,23,26,29,32,35-50H2,1-5H3/p+1/b10-8-,16-14-,19-18-,22-21-,25-24-,28-27-,31-30-,34-33-. The molecule has 0 aliphatic heterocycles. The van der Waals surface area contributed by atoms with Crippen molar-refractivity contribution in [3.8, 4) is 0 Å². The monoisotopic (exact) mass is 895 g/mol. The summed E-state index contributed by atoms with van der Waals surface area (Å²) >= 11 is 0. The van der Waals surface area contributed by atoms with E-state index in [2.05, 4.69) is 111 Å². The van der Waals surface area contributed by atoms with E-state index in [0.29, 0.717) is 23.9 Å². The first-order chi connectivity index (χ1) is 31.1. The number of likely N-dealkylation sites (N-methyl/N-ethyl adjacent to an activating group) is 1. The number of carbonyl (C=O) groups excluding carboxylic acids is 2. The molecule has 0 fully saturated rings. The largest absolute Gasteiger partial charge is 0.477 e. The molecule has 0 aromatic rings. The molecule has 0 amide bonds. The van der Waals surface area contributed by atoms with E-state index in [4.69, 9.17) is 18.9 Å². The summed E-state index contributed by atoms with van der Waals surface area (Å²) in [7, 11) is 5.94. The van der Waals surface area contributed by atoms with Crippen molar-refractivity contribution in [2.24, 2.45) is 0 Å². The smallest absolute Gasteiger partial charge is 0.361 e. The van der Waals surface area contributed by atoms with E-state index in [1.807, 2.05) is 21.1 Å². The van der Waals surface area contributed by atoms with Crippen LogP contribution in [0.15, 0.2) is 97.2 Å². The Morgan fingerprint density at radius 2 is 0.891 bits per heavy atom. The van der Waals surface area contributed by atoms with E-state index < -0.39 is 24.3 Å². The first kappa shape index (κ1) is 60.2. The fraction of sp³-hybridized carbons (Fsp3) is 0.655. The lowest BCUT2D eigenvalue weighted by Crippen LogP contribution is -2.40. The average molecular weight is 895 g/mol. The van der Waals surface area contributed by atoms with E-state index in [-0.39, 0.29) is 32.2 Å². The minimum absolute atomic E-state index is 0.180. The van der Waals surface area contributed by atoms with E-state index in [0.717, 1.165) is 109 Å². The third-order valence-electron chi connectivity index (χ3n) is 10.1. The van der Waals surface area contributed by atoms with Crippen molar-refractivity contribution in [3.63, 3.8) is 0 Å². The maximum absolute atomic E-state index is 12.8. The number of hydrogen-bond donors (Lipinski definition) is 1. The molecule has 2 unspecified atom stereocenters. The van der Waals surface area contributed by atoms with Crippen LogP contribution < -0.4 is 0 Å². The van der Waals surface area contributed by atoms with Gasteiger partial charge in [0, 0.05) is 12.8 Å². The van der Waals surface area contributed by atoms with E-state index in [1.165, 1.54) is 32.1 Å². The number of unbranched alkanes of at least 4 members (excludes halogenated alkanes) is 13. The quantitative estimate of drug-likeness (QED) is 0.0212. The molecule has 2 atom stereocenters. The lowest BCUT2D eigenvalue weighted by atomic mass is 10.1. The van der Waals surface area contributed by atoms with Gasteiger partial charge in [-0.05, 0) is 77.0 Å². The molecule has 0 spiro atoms. The van der Waals surface area contributed by atoms with Gasteiger partial charge in [0.05, 0.1) is 34.4 Å². The molecule has 0 aromatic heterocycles. The van der Waals surface area contributed by atoms with Gasteiger partial charge in [0.2, 0.25) is 0 Å². The summed E-state index contributed by atoms with van der Waals surface area (Å²) in [5.74, 6) is -2.04. The molecule has 0 saturated carbocycles. The van der Waals surface area contributed by atoms with Gasteiger partial charge in [0.1, 0.15) is 13.2 Å². The maximum Gasteiger partial charge on any atom is 0.361 e. The van der Waals surface area contributed by atoms with Crippen LogP contribution in [0.4, 0.5) is 0 Å². The number of rotatable bonds is 44. The molecule has 1 N–H and O–H groups in total. The van der Waals surface area contributed by atoms with Crippen molar-refractivity contribution in [1.29, 1.82) is 0 Å². The zero-order valence-corrected chi connectivity index (χ0v) is 41.2. The highest BCUT2D eigenvalue weighted by atomic mass is 16.7. The second-order valence-electron chi connectivity index (χ2n) is 17.4. The van der Waals surface area contributed by atoms with Crippen molar-refractivity contribution in [3.05, 3.63) is 97.2 Å². The summed E-state index contributed by atoms with van der Waals surface area (Å²) in [6, 6.07) is 0. The Hall–Kier alpha value is -3.79. The Labute approximate surface area is 391 Å². The van der Waals surface area contributed by atoms with Crippen LogP contribution in [0, 0.1) is 0 Å². The molecule has 0 saturated heterocycles. The summed E-state index contributed by atoms with van der Waals surface area (Å²) in [4.78, 5) is 37.0. The average Bonchev–Trinajstić information content (AvgIpc) is 3.26. The number of carboxylic acids is 1. The number of hydrogen-bond acceptors (Lipinski definition) is 7. The number of aliphatic carboxylic acids is 1. The second kappa shape index (κ2) is 45.8. The minimum atomic E-state index is -1.52. The van der Waals surface area contributed by atoms with Gasteiger partial charge in [-0.1, -0.05) is 182 Å². The lowest BCUT2D eigenvalue weighted by Gasteiger charge is -2.25. The molecule has 0 heterocycles. The van der Waals surface area contributed by atoms with Crippen LogP contribution >= 0.6 is 0 Å². The molecule has 0 radical (unpaired) electrons. The third-order valence-corrected chi connectivity index (χ3v) is 10.1. The van der Waals surface area contributed by atoms with Crippen LogP contribution in [-0.2, 0) is 33.3 Å². The van der Waals surface area contributed by atoms with Crippen molar-refractivity contribution in [1.82, 2.24) is 0 Å². The van der Waals surface area contributed by atoms with E-state index >= 15 is 0 Å². The van der Waals surface area contributed by atoms with Crippen LogP contribution in [0.3, 0.4) is 0 Å². The minimum Gasteiger partial charge on any atom is -0.477 e. The Kier molecular flexibility index (Phi) is 43.1. The highest BCUT2D eigenvalue weighted by molar-refractivity contribution is 5.71. The predicted octanol–water partition coefficient (Wildman–Crippen LogP) is 13.8. The van der Waals surface area contributed by atoms with Gasteiger partial charge in [-0.2, -0.15) is 0 Å². The van der Waals surface area contributed by atoms with Crippen LogP contribution in [0.5, 0.6) is 0 Å². The summed E-state index contributed by atoms with van der Waals surface area (Å²) in [5.41, 5.74) is 0. The molecule has 9 nitrogen and oxygen atoms in total. The summed E-state index contributed by atoms with van der Waals surface area (Å²) in [6.07, 6.45) is 57.8. The van der Waals surface area contributed by atoms with Crippen LogP contribution in [0.2, 0.25) is 0 Å². The summed E-state index contributed by atoms with van der Waals surface area (Å²) in [5, 5.41) is 9.63. The number of esters is 2. The molecule has 0 rings (SSSR count). The Morgan fingerprint density at radius 1 is 0.484 bits per heavy atom. The Morgan fingerprint density at radius 3 is 1.33 bits per heavy atom. The number of carbonyl (C=O) groups is 3. The highest BCUT2D eigenvalue weighted by Crippen LogP contribution is 2.13. The van der Waals surface area contributed by atoms with Gasteiger partial charge >= 0.3 is 17.9 Å². The van der Waals surface area contributed by atoms with E-state index in [9.17, 15) is 19.5 Å². The number of carboxylic acid groups (broad SMARTS) is 1. The molecular weight excluding hydrogens is 803 g/mol. The molecule has 0 aromatic carbocycles. The number of allylic oxidation sites excluding steroid dienone is 16. The molecule has 364 valence electrons. The lowest BCUT2D eigenvalue weighted by molar-refractivity contribution is -0.870. The van der Waals surface area contributed by atoms with Gasteiger partial charge in [-0.3, -0.25) is 9.59 Å².